The summed E-state index contributed by atoms with van der Waals surface area (Å²) in [6, 6.07) is 8.20. The lowest BCUT2D eigenvalue weighted by Crippen LogP contribution is -2.25. The van der Waals surface area contributed by atoms with E-state index in [2.05, 4.69) is 29.3 Å². The predicted molar refractivity (Wildman–Crippen MR) is 61.0 cm³/mol. The van der Waals surface area contributed by atoms with Crippen LogP contribution >= 0.6 is 0 Å². The average Bonchev–Trinajstić information content (AvgIpc) is 2.26. The van der Waals surface area contributed by atoms with Gasteiger partial charge in [-0.1, -0.05) is 0 Å². The largest absolute Gasteiger partial charge is 0.395 e. The van der Waals surface area contributed by atoms with Crippen molar-refractivity contribution in [3.05, 3.63) is 24.3 Å². The number of rotatable bonds is 5. The van der Waals surface area contributed by atoms with Gasteiger partial charge in [-0.2, -0.15) is 0 Å². The van der Waals surface area contributed by atoms with Gasteiger partial charge in [0.1, 0.15) is 0 Å². The van der Waals surface area contributed by atoms with Crippen molar-refractivity contribution in [3.8, 4) is 0 Å². The maximum atomic E-state index is 8.88. The Morgan fingerprint density at radius 3 is 2.36 bits per heavy atom. The van der Waals surface area contributed by atoms with Gasteiger partial charge < -0.3 is 15.3 Å². The second kappa shape index (κ2) is 5.50. The lowest BCUT2D eigenvalue weighted by molar-refractivity contribution is 0.302. The predicted octanol–water partition coefficient (Wildman–Crippen LogP) is 1.55. The molecule has 14 heavy (non-hydrogen) atoms. The molecule has 0 unspecified atom stereocenters. The van der Waals surface area contributed by atoms with Crippen molar-refractivity contribution in [3.63, 3.8) is 0 Å². The Balaban J connectivity index is 2.73. The van der Waals surface area contributed by atoms with E-state index in [1.54, 1.807) is 0 Å². The van der Waals surface area contributed by atoms with Crippen molar-refractivity contribution in [1.29, 1.82) is 0 Å². The summed E-state index contributed by atoms with van der Waals surface area (Å²) >= 11 is 0. The van der Waals surface area contributed by atoms with Crippen molar-refractivity contribution in [2.45, 2.75) is 6.92 Å². The molecule has 3 nitrogen and oxygen atoms in total. The summed E-state index contributed by atoms with van der Waals surface area (Å²) in [5.74, 6) is 0. The van der Waals surface area contributed by atoms with E-state index in [-0.39, 0.29) is 6.61 Å². The number of benzene rings is 1. The van der Waals surface area contributed by atoms with Crippen LogP contribution in [0.25, 0.3) is 0 Å². The van der Waals surface area contributed by atoms with Crippen LogP contribution < -0.4 is 10.2 Å². The van der Waals surface area contributed by atoms with Crippen LogP contribution in [0.15, 0.2) is 24.3 Å². The molecule has 1 aromatic rings. The number of likely N-dealkylation sites (N-methyl/N-ethyl adjacent to an activating group) is 1. The van der Waals surface area contributed by atoms with Gasteiger partial charge in [0.15, 0.2) is 0 Å². The van der Waals surface area contributed by atoms with E-state index in [4.69, 9.17) is 5.11 Å². The van der Waals surface area contributed by atoms with Crippen molar-refractivity contribution < 1.29 is 5.11 Å². The minimum Gasteiger partial charge on any atom is -0.395 e. The summed E-state index contributed by atoms with van der Waals surface area (Å²) in [7, 11) is 1.90. The fraction of sp³-hybridized carbons (Fsp3) is 0.455. The number of hydrogen-bond donors (Lipinski definition) is 2. The molecule has 0 spiro atoms. The van der Waals surface area contributed by atoms with Crippen LogP contribution in [-0.2, 0) is 0 Å². The number of aliphatic hydroxyl groups excluding tert-OH is 1. The molecule has 0 saturated carbocycles. The Morgan fingerprint density at radius 2 is 1.93 bits per heavy atom. The summed E-state index contributed by atoms with van der Waals surface area (Å²) in [6.45, 7) is 3.89. The van der Waals surface area contributed by atoms with Gasteiger partial charge in [0.05, 0.1) is 6.61 Å². The monoisotopic (exact) mass is 194 g/mol. The van der Waals surface area contributed by atoms with Gasteiger partial charge in [0.25, 0.3) is 0 Å². The molecule has 0 heterocycles. The highest BCUT2D eigenvalue weighted by molar-refractivity contribution is 5.54. The molecule has 3 heteroatoms. The Morgan fingerprint density at radius 1 is 1.29 bits per heavy atom. The maximum Gasteiger partial charge on any atom is 0.0606 e. The van der Waals surface area contributed by atoms with Crippen LogP contribution in [0.1, 0.15) is 6.92 Å². The molecule has 1 rings (SSSR count). The molecule has 0 aliphatic carbocycles. The molecule has 0 aliphatic heterocycles. The van der Waals surface area contributed by atoms with Gasteiger partial charge in [-0.25, -0.2) is 0 Å². The van der Waals surface area contributed by atoms with E-state index < -0.39 is 0 Å². The van der Waals surface area contributed by atoms with E-state index in [1.165, 1.54) is 0 Å². The van der Waals surface area contributed by atoms with Gasteiger partial charge in [0.2, 0.25) is 0 Å². The van der Waals surface area contributed by atoms with Gasteiger partial charge in [-0.05, 0) is 31.2 Å². The number of nitrogens with one attached hydrogen (secondary N) is 1. The molecule has 78 valence electrons. The van der Waals surface area contributed by atoms with E-state index in [1.807, 2.05) is 19.2 Å². The third-order valence-corrected chi connectivity index (χ3v) is 2.27. The number of nitrogens with zero attached hydrogens (tertiary/aromatic N) is 1. The quantitative estimate of drug-likeness (QED) is 0.746. The summed E-state index contributed by atoms with van der Waals surface area (Å²) < 4.78 is 0. The van der Waals surface area contributed by atoms with Crippen LogP contribution in [0.3, 0.4) is 0 Å². The highest BCUT2D eigenvalue weighted by Crippen LogP contribution is 2.16. The van der Waals surface area contributed by atoms with Gasteiger partial charge in [-0.15, -0.1) is 0 Å². The minimum absolute atomic E-state index is 0.196. The SMILES string of the molecule is CCN(CCO)c1ccc(NC)cc1. The average molecular weight is 194 g/mol. The summed E-state index contributed by atoms with van der Waals surface area (Å²) in [6.07, 6.45) is 0. The van der Waals surface area contributed by atoms with Crippen molar-refractivity contribution in [2.75, 3.05) is 37.0 Å². The zero-order valence-corrected chi connectivity index (χ0v) is 8.83. The van der Waals surface area contributed by atoms with Crippen LogP contribution in [-0.4, -0.2) is 31.9 Å². The topological polar surface area (TPSA) is 35.5 Å². The molecule has 0 fully saturated rings. The van der Waals surface area contributed by atoms with Crippen molar-refractivity contribution in [1.82, 2.24) is 0 Å². The first kappa shape index (κ1) is 10.9. The molecule has 0 aromatic heterocycles. The van der Waals surface area contributed by atoms with Gasteiger partial charge >= 0.3 is 0 Å². The van der Waals surface area contributed by atoms with Crippen molar-refractivity contribution >= 4 is 11.4 Å². The normalized spacial score (nSPS) is 9.93. The first-order valence-corrected chi connectivity index (χ1v) is 4.95. The summed E-state index contributed by atoms with van der Waals surface area (Å²) in [4.78, 5) is 2.14. The molecular formula is C11H18N2O. The van der Waals surface area contributed by atoms with Crippen LogP contribution in [0.5, 0.6) is 0 Å². The lowest BCUT2D eigenvalue weighted by atomic mass is 10.2. The number of aliphatic hydroxyl groups is 1. The molecular weight excluding hydrogens is 176 g/mol. The van der Waals surface area contributed by atoms with E-state index >= 15 is 0 Å². The van der Waals surface area contributed by atoms with Gasteiger partial charge in [0, 0.05) is 31.5 Å². The molecule has 0 aliphatic rings. The van der Waals surface area contributed by atoms with Crippen LogP contribution in [0, 0.1) is 0 Å². The number of anilines is 2. The summed E-state index contributed by atoms with van der Waals surface area (Å²) in [5, 5.41) is 12.0. The third kappa shape index (κ3) is 2.64. The highest BCUT2D eigenvalue weighted by Gasteiger charge is 2.02. The zero-order valence-electron chi connectivity index (χ0n) is 8.83. The maximum absolute atomic E-state index is 8.88. The molecule has 0 amide bonds. The lowest BCUT2D eigenvalue weighted by Gasteiger charge is -2.22. The molecule has 0 bridgehead atoms. The Hall–Kier alpha value is -1.22. The zero-order chi connectivity index (χ0) is 10.4. The van der Waals surface area contributed by atoms with Crippen molar-refractivity contribution in [2.24, 2.45) is 0 Å². The van der Waals surface area contributed by atoms with E-state index in [0.717, 1.165) is 17.9 Å². The Labute approximate surface area is 85.4 Å². The van der Waals surface area contributed by atoms with Gasteiger partial charge in [-0.3, -0.25) is 0 Å². The van der Waals surface area contributed by atoms with E-state index in [0.29, 0.717) is 6.54 Å². The second-order valence-electron chi connectivity index (χ2n) is 3.10. The first-order chi connectivity index (χ1) is 6.81. The third-order valence-electron chi connectivity index (χ3n) is 2.27. The standard InChI is InChI=1S/C11H18N2O/c1-3-13(8-9-14)11-6-4-10(12-2)5-7-11/h4-7,12,14H,3,8-9H2,1-2H3. The fourth-order valence-electron chi connectivity index (χ4n) is 1.43. The second-order valence-corrected chi connectivity index (χ2v) is 3.10. The highest BCUT2D eigenvalue weighted by atomic mass is 16.3. The van der Waals surface area contributed by atoms with Crippen LogP contribution in [0.4, 0.5) is 11.4 Å². The minimum atomic E-state index is 0.196. The van der Waals surface area contributed by atoms with Crippen LogP contribution in [0.2, 0.25) is 0 Å². The number of hydrogen-bond acceptors (Lipinski definition) is 3. The fourth-order valence-corrected chi connectivity index (χ4v) is 1.43. The Kier molecular flexibility index (Phi) is 4.26. The first-order valence-electron chi connectivity index (χ1n) is 4.95. The molecule has 0 atom stereocenters. The van der Waals surface area contributed by atoms with E-state index in [9.17, 15) is 0 Å². The Bertz CT molecular complexity index is 258. The molecule has 1 aromatic carbocycles. The molecule has 2 N–H and O–H groups in total. The smallest absolute Gasteiger partial charge is 0.0606 e. The molecule has 0 radical (unpaired) electrons. The molecule has 0 saturated heterocycles. The summed E-state index contributed by atoms with van der Waals surface area (Å²) in [5.41, 5.74) is 2.26.